The molecule has 3 nitrogen and oxygen atoms in total. The van der Waals surface area contributed by atoms with Gasteiger partial charge in [-0.25, -0.2) is 0 Å². The van der Waals surface area contributed by atoms with Crippen LogP contribution in [0, 0.1) is 0 Å². The Kier molecular flexibility index (Phi) is 9.21. The molecular formula is C15H25NO2. The molecule has 0 saturated carbocycles. The van der Waals surface area contributed by atoms with Crippen LogP contribution in [0.1, 0.15) is 25.7 Å². The molecule has 0 bridgehead atoms. The van der Waals surface area contributed by atoms with Crippen LogP contribution in [0.3, 0.4) is 0 Å². The molecule has 1 aromatic carbocycles. The fourth-order valence-corrected chi connectivity index (χ4v) is 1.71. The Bertz CT molecular complexity index is 277. The Balaban J connectivity index is 1.82. The van der Waals surface area contributed by atoms with Gasteiger partial charge in [0, 0.05) is 13.7 Å². The van der Waals surface area contributed by atoms with Crippen molar-refractivity contribution in [1.29, 1.82) is 0 Å². The monoisotopic (exact) mass is 251 g/mol. The van der Waals surface area contributed by atoms with E-state index < -0.39 is 0 Å². The molecule has 1 aromatic rings. The van der Waals surface area contributed by atoms with Crippen LogP contribution in [0.4, 0.5) is 0 Å². The third-order valence-corrected chi connectivity index (χ3v) is 2.74. The molecule has 0 fully saturated rings. The lowest BCUT2D eigenvalue weighted by Gasteiger charge is -2.06. The first-order valence-electron chi connectivity index (χ1n) is 6.81. The van der Waals surface area contributed by atoms with E-state index in [1.165, 1.54) is 19.3 Å². The molecule has 0 aromatic heterocycles. The van der Waals surface area contributed by atoms with E-state index in [9.17, 15) is 0 Å². The highest BCUT2D eigenvalue weighted by Crippen LogP contribution is 2.09. The van der Waals surface area contributed by atoms with Crippen LogP contribution in [0.2, 0.25) is 0 Å². The maximum Gasteiger partial charge on any atom is 0.119 e. The van der Waals surface area contributed by atoms with Crippen LogP contribution in [-0.2, 0) is 4.74 Å². The van der Waals surface area contributed by atoms with Crippen LogP contribution in [0.5, 0.6) is 5.75 Å². The first-order valence-corrected chi connectivity index (χ1v) is 6.81. The lowest BCUT2D eigenvalue weighted by molar-refractivity contribution is 0.199. The normalized spacial score (nSPS) is 10.5. The molecule has 18 heavy (non-hydrogen) atoms. The first-order chi connectivity index (χ1) is 8.93. The Morgan fingerprint density at radius 1 is 0.889 bits per heavy atom. The molecule has 0 amide bonds. The van der Waals surface area contributed by atoms with Gasteiger partial charge >= 0.3 is 0 Å². The summed E-state index contributed by atoms with van der Waals surface area (Å²) in [6.45, 7) is 3.66. The number of nitrogens with one attached hydrogen (secondary N) is 1. The largest absolute Gasteiger partial charge is 0.494 e. The summed E-state index contributed by atoms with van der Waals surface area (Å²) in [6, 6.07) is 10.0. The van der Waals surface area contributed by atoms with E-state index >= 15 is 0 Å². The van der Waals surface area contributed by atoms with Gasteiger partial charge in [0.25, 0.3) is 0 Å². The van der Waals surface area contributed by atoms with E-state index in [1.54, 1.807) is 7.11 Å². The van der Waals surface area contributed by atoms with Gasteiger partial charge in [0.05, 0.1) is 13.2 Å². The zero-order valence-corrected chi connectivity index (χ0v) is 11.4. The van der Waals surface area contributed by atoms with E-state index in [0.29, 0.717) is 0 Å². The molecular weight excluding hydrogens is 226 g/mol. The molecule has 3 heteroatoms. The van der Waals surface area contributed by atoms with E-state index in [2.05, 4.69) is 5.32 Å². The van der Waals surface area contributed by atoms with E-state index in [4.69, 9.17) is 9.47 Å². The molecule has 0 aliphatic carbocycles. The number of benzene rings is 1. The van der Waals surface area contributed by atoms with Crippen LogP contribution in [0.15, 0.2) is 30.3 Å². The molecule has 0 radical (unpaired) electrons. The van der Waals surface area contributed by atoms with Crippen molar-refractivity contribution in [1.82, 2.24) is 5.32 Å². The van der Waals surface area contributed by atoms with Crippen LogP contribution in [-0.4, -0.2) is 33.4 Å². The van der Waals surface area contributed by atoms with E-state index in [0.717, 1.165) is 38.5 Å². The average molecular weight is 251 g/mol. The SMILES string of the molecule is COCCNCCCCCCOc1ccccc1. The third kappa shape index (κ3) is 8.09. The molecule has 0 saturated heterocycles. The lowest BCUT2D eigenvalue weighted by Crippen LogP contribution is -2.20. The van der Waals surface area contributed by atoms with Gasteiger partial charge in [-0.05, 0) is 31.5 Å². The maximum atomic E-state index is 5.63. The van der Waals surface area contributed by atoms with Crippen molar-refractivity contribution in [2.45, 2.75) is 25.7 Å². The maximum absolute atomic E-state index is 5.63. The summed E-state index contributed by atoms with van der Waals surface area (Å²) < 4.78 is 10.6. The van der Waals surface area contributed by atoms with Crippen molar-refractivity contribution < 1.29 is 9.47 Å². The standard InChI is InChI=1S/C15H25NO2/c1-17-14-12-16-11-7-2-3-8-13-18-15-9-5-4-6-10-15/h4-6,9-10,16H,2-3,7-8,11-14H2,1H3. The van der Waals surface area contributed by atoms with Gasteiger partial charge in [-0.1, -0.05) is 31.0 Å². The second-order valence-corrected chi connectivity index (χ2v) is 4.32. The zero-order chi connectivity index (χ0) is 12.9. The number of methoxy groups -OCH3 is 1. The first kappa shape index (κ1) is 15.0. The number of ether oxygens (including phenoxy) is 2. The molecule has 0 aliphatic rings. The van der Waals surface area contributed by atoms with Crippen molar-refractivity contribution in [2.75, 3.05) is 33.4 Å². The van der Waals surface area contributed by atoms with Crippen molar-refractivity contribution in [3.63, 3.8) is 0 Å². The summed E-state index contributed by atoms with van der Waals surface area (Å²) in [5, 5.41) is 3.35. The smallest absolute Gasteiger partial charge is 0.119 e. The van der Waals surface area contributed by atoms with Crippen molar-refractivity contribution in [3.05, 3.63) is 30.3 Å². The second-order valence-electron chi connectivity index (χ2n) is 4.32. The summed E-state index contributed by atoms with van der Waals surface area (Å²) in [5.41, 5.74) is 0. The van der Waals surface area contributed by atoms with Crippen LogP contribution in [0.25, 0.3) is 0 Å². The minimum atomic E-state index is 0.797. The number of para-hydroxylation sites is 1. The summed E-state index contributed by atoms with van der Waals surface area (Å²) in [6.07, 6.45) is 4.86. The van der Waals surface area contributed by atoms with E-state index in [1.807, 2.05) is 30.3 Å². The van der Waals surface area contributed by atoms with Crippen LogP contribution < -0.4 is 10.1 Å². The van der Waals surface area contributed by atoms with Gasteiger partial charge in [-0.15, -0.1) is 0 Å². The zero-order valence-electron chi connectivity index (χ0n) is 11.4. The predicted octanol–water partition coefficient (Wildman–Crippen LogP) is 2.86. The van der Waals surface area contributed by atoms with E-state index in [-0.39, 0.29) is 0 Å². The van der Waals surface area contributed by atoms with Gasteiger partial charge in [0.2, 0.25) is 0 Å². The predicted molar refractivity (Wildman–Crippen MR) is 75.2 cm³/mol. The third-order valence-electron chi connectivity index (χ3n) is 2.74. The van der Waals surface area contributed by atoms with Crippen LogP contribution >= 0.6 is 0 Å². The highest BCUT2D eigenvalue weighted by atomic mass is 16.5. The Labute approximate surface area is 110 Å². The number of hydrogen-bond acceptors (Lipinski definition) is 3. The highest BCUT2D eigenvalue weighted by molar-refractivity contribution is 5.20. The van der Waals surface area contributed by atoms with Gasteiger partial charge in [0.1, 0.15) is 5.75 Å². The van der Waals surface area contributed by atoms with Gasteiger partial charge in [0.15, 0.2) is 0 Å². The molecule has 1 N–H and O–H groups in total. The molecule has 102 valence electrons. The Morgan fingerprint density at radius 2 is 1.67 bits per heavy atom. The summed E-state index contributed by atoms with van der Waals surface area (Å²) >= 11 is 0. The topological polar surface area (TPSA) is 30.5 Å². The molecule has 0 aliphatic heterocycles. The fraction of sp³-hybridized carbons (Fsp3) is 0.600. The van der Waals surface area contributed by atoms with Gasteiger partial charge < -0.3 is 14.8 Å². The second kappa shape index (κ2) is 11.1. The molecule has 1 rings (SSSR count). The van der Waals surface area contributed by atoms with Crippen molar-refractivity contribution in [2.24, 2.45) is 0 Å². The summed E-state index contributed by atoms with van der Waals surface area (Å²) in [5.74, 6) is 0.971. The quantitative estimate of drug-likeness (QED) is 0.613. The summed E-state index contributed by atoms with van der Waals surface area (Å²) in [7, 11) is 1.73. The minimum absolute atomic E-state index is 0.797. The Morgan fingerprint density at radius 3 is 2.44 bits per heavy atom. The Hall–Kier alpha value is -1.06. The molecule has 0 unspecified atom stereocenters. The molecule has 0 spiro atoms. The highest BCUT2D eigenvalue weighted by Gasteiger charge is 1.93. The molecule has 0 atom stereocenters. The molecule has 0 heterocycles. The lowest BCUT2D eigenvalue weighted by atomic mass is 10.2. The average Bonchev–Trinajstić information content (AvgIpc) is 2.42. The number of rotatable bonds is 11. The summed E-state index contributed by atoms with van der Waals surface area (Å²) in [4.78, 5) is 0. The van der Waals surface area contributed by atoms with Crippen molar-refractivity contribution >= 4 is 0 Å². The minimum Gasteiger partial charge on any atom is -0.494 e. The van der Waals surface area contributed by atoms with Gasteiger partial charge in [-0.3, -0.25) is 0 Å². The van der Waals surface area contributed by atoms with Gasteiger partial charge in [-0.2, -0.15) is 0 Å². The number of unbranched alkanes of at least 4 members (excludes halogenated alkanes) is 3. The number of hydrogen-bond donors (Lipinski definition) is 1. The van der Waals surface area contributed by atoms with Crippen molar-refractivity contribution in [3.8, 4) is 5.75 Å². The fourth-order valence-electron chi connectivity index (χ4n) is 1.71.